The van der Waals surface area contributed by atoms with Gasteiger partial charge in [0.25, 0.3) is 5.91 Å². The number of likely N-dealkylation sites (N-methyl/N-ethyl adjacent to an activating group) is 1. The number of benzene rings is 1. The minimum absolute atomic E-state index is 0. The fourth-order valence-corrected chi connectivity index (χ4v) is 4.39. The molecule has 0 aliphatic carbocycles. The van der Waals surface area contributed by atoms with Crippen molar-refractivity contribution in [2.45, 2.75) is 19.1 Å². The van der Waals surface area contributed by atoms with Gasteiger partial charge in [-0.2, -0.15) is 0 Å². The van der Waals surface area contributed by atoms with Gasteiger partial charge in [0.2, 0.25) is 10.0 Å². The normalized spacial score (nSPS) is 11.6. The number of quaternary nitrogens is 1. The van der Waals surface area contributed by atoms with Crippen LogP contribution in [0.2, 0.25) is 5.15 Å². The summed E-state index contributed by atoms with van der Waals surface area (Å²) in [7, 11) is 0.606. The standard InChI is InChI=1S/C20H30ClN7O3S.BrH/c1-14-6-4-7-15(12-14)13-32(30,31)25-8-5-10-28(2,3)11-9-24-20(29)16-18(22)27-19(23)17(21)26-16;/h4,6-7,12,25H,5,8-11,13H2,1-3H3,(H4-,22,23,24,27,29);1H. The van der Waals surface area contributed by atoms with Crippen LogP contribution in [0.5, 0.6) is 0 Å². The van der Waals surface area contributed by atoms with E-state index in [0.29, 0.717) is 30.5 Å². The van der Waals surface area contributed by atoms with Crippen molar-refractivity contribution < 1.29 is 34.7 Å². The predicted molar refractivity (Wildman–Crippen MR) is 126 cm³/mol. The summed E-state index contributed by atoms with van der Waals surface area (Å²) in [5.41, 5.74) is 12.9. The molecule has 10 nitrogen and oxygen atoms in total. The molecule has 0 bridgehead atoms. The first kappa shape index (κ1) is 29.0. The highest BCUT2D eigenvalue weighted by molar-refractivity contribution is 7.88. The van der Waals surface area contributed by atoms with Gasteiger partial charge in [-0.15, -0.1) is 0 Å². The summed E-state index contributed by atoms with van der Waals surface area (Å²) in [5, 5.41) is 2.66. The molecular formula is C20H31BrClN7O3S. The molecule has 1 aromatic heterocycles. The van der Waals surface area contributed by atoms with E-state index in [9.17, 15) is 13.2 Å². The molecule has 0 unspecified atom stereocenters. The monoisotopic (exact) mass is 563 g/mol. The molecule has 13 heteroatoms. The summed E-state index contributed by atoms with van der Waals surface area (Å²) < 4.78 is 27.8. The summed E-state index contributed by atoms with van der Waals surface area (Å²) in [6, 6.07) is 7.45. The molecule has 2 rings (SSSR count). The smallest absolute Gasteiger partial charge is 0.273 e. The maximum atomic E-state index is 12.3. The number of amides is 1. The van der Waals surface area contributed by atoms with Gasteiger partial charge in [0.15, 0.2) is 22.5 Å². The quantitative estimate of drug-likeness (QED) is 0.181. The molecule has 0 saturated carbocycles. The summed E-state index contributed by atoms with van der Waals surface area (Å²) in [6.45, 7) is 3.99. The van der Waals surface area contributed by atoms with Crippen LogP contribution in [0.15, 0.2) is 24.3 Å². The lowest BCUT2D eigenvalue weighted by molar-refractivity contribution is -0.889. The summed E-state index contributed by atoms with van der Waals surface area (Å²) >= 11 is 5.81. The summed E-state index contributed by atoms with van der Waals surface area (Å²) in [5.74, 6) is -0.648. The van der Waals surface area contributed by atoms with E-state index in [2.05, 4.69) is 20.0 Å². The number of nitrogens with two attached hydrogens (primary N) is 2. The molecule has 0 spiro atoms. The van der Waals surface area contributed by atoms with Crippen molar-refractivity contribution in [3.63, 3.8) is 0 Å². The number of anilines is 2. The van der Waals surface area contributed by atoms with Gasteiger partial charge in [-0.3, -0.25) is 4.79 Å². The van der Waals surface area contributed by atoms with E-state index < -0.39 is 15.9 Å². The molecule has 6 N–H and O–H groups in total. The van der Waals surface area contributed by atoms with Crippen molar-refractivity contribution >= 4 is 39.2 Å². The average molecular weight is 565 g/mol. The third-order valence-electron chi connectivity index (χ3n) is 4.82. The Kier molecular flexibility index (Phi) is 11.0. The van der Waals surface area contributed by atoms with Crippen molar-refractivity contribution in [2.75, 3.05) is 51.7 Å². The molecule has 0 saturated heterocycles. The van der Waals surface area contributed by atoms with Crippen molar-refractivity contribution in [2.24, 2.45) is 0 Å². The first-order valence-corrected chi connectivity index (χ1v) is 12.1. The number of aromatic nitrogens is 2. The molecule has 1 heterocycles. The number of nitrogen functional groups attached to an aromatic ring is 2. The second-order valence-corrected chi connectivity index (χ2v) is 10.4. The SMILES string of the molecule is Cc1cccc(CS(=O)(=O)NCCC[N+](C)(C)CCNC(=O)c2nc(Cl)c(N)nc2N)c1.[Br-]. The van der Waals surface area contributed by atoms with E-state index in [1.807, 2.05) is 39.2 Å². The third kappa shape index (κ3) is 9.80. The fourth-order valence-electron chi connectivity index (χ4n) is 3.08. The molecule has 0 radical (unpaired) electrons. The number of hydrogen-bond donors (Lipinski definition) is 4. The number of sulfonamides is 1. The second-order valence-electron chi connectivity index (χ2n) is 8.27. The molecule has 1 amide bonds. The van der Waals surface area contributed by atoms with Gasteiger partial charge < -0.3 is 38.2 Å². The summed E-state index contributed by atoms with van der Waals surface area (Å²) in [6.07, 6.45) is 0.653. The Balaban J connectivity index is 0.00000544. The third-order valence-corrected chi connectivity index (χ3v) is 6.46. The molecule has 0 fully saturated rings. The van der Waals surface area contributed by atoms with Crippen molar-refractivity contribution in [3.05, 3.63) is 46.2 Å². The largest absolute Gasteiger partial charge is 1.00 e. The zero-order valence-corrected chi connectivity index (χ0v) is 22.1. The Bertz CT molecular complexity index is 1070. The number of halogens is 2. The number of aryl methyl sites for hydroxylation is 1. The van der Waals surface area contributed by atoms with E-state index in [0.717, 1.165) is 17.7 Å². The van der Waals surface area contributed by atoms with Crippen LogP contribution in [-0.2, 0) is 15.8 Å². The van der Waals surface area contributed by atoms with Crippen LogP contribution in [0.1, 0.15) is 28.0 Å². The molecule has 1 aromatic carbocycles. The number of carbonyl (C=O) groups is 1. The molecule has 0 aliphatic heterocycles. The lowest BCUT2D eigenvalue weighted by atomic mass is 10.2. The number of nitrogens with one attached hydrogen (secondary N) is 2. The fraction of sp³-hybridized carbons (Fsp3) is 0.450. The first-order valence-electron chi connectivity index (χ1n) is 10.1. The lowest BCUT2D eigenvalue weighted by Gasteiger charge is -2.30. The Hall–Kier alpha value is -1.99. The highest BCUT2D eigenvalue weighted by Crippen LogP contribution is 2.17. The zero-order valence-electron chi connectivity index (χ0n) is 18.9. The highest BCUT2D eigenvalue weighted by atomic mass is 79.9. The highest BCUT2D eigenvalue weighted by Gasteiger charge is 2.19. The summed E-state index contributed by atoms with van der Waals surface area (Å²) in [4.78, 5) is 19.9. The lowest BCUT2D eigenvalue weighted by Crippen LogP contribution is -3.00. The maximum Gasteiger partial charge on any atom is 0.273 e. The minimum atomic E-state index is -3.40. The maximum absolute atomic E-state index is 12.3. The zero-order chi connectivity index (χ0) is 23.9. The first-order chi connectivity index (χ1) is 14.9. The Morgan fingerprint density at radius 2 is 1.82 bits per heavy atom. The van der Waals surface area contributed by atoms with Gasteiger partial charge in [-0.25, -0.2) is 23.1 Å². The van der Waals surface area contributed by atoms with Gasteiger partial charge in [-0.1, -0.05) is 41.4 Å². The molecule has 33 heavy (non-hydrogen) atoms. The van der Waals surface area contributed by atoms with Gasteiger partial charge in [0.05, 0.1) is 39.5 Å². The Labute approximate surface area is 210 Å². The Morgan fingerprint density at radius 1 is 1.12 bits per heavy atom. The number of rotatable bonds is 11. The molecule has 2 aromatic rings. The number of nitrogens with zero attached hydrogens (tertiary/aromatic N) is 3. The van der Waals surface area contributed by atoms with Crippen LogP contribution in [0.3, 0.4) is 0 Å². The molecule has 0 aliphatic rings. The minimum Gasteiger partial charge on any atom is -1.00 e. The van der Waals surface area contributed by atoms with E-state index in [4.69, 9.17) is 23.1 Å². The van der Waals surface area contributed by atoms with Gasteiger partial charge >= 0.3 is 0 Å². The van der Waals surface area contributed by atoms with Crippen LogP contribution in [-0.4, -0.2) is 69.1 Å². The van der Waals surface area contributed by atoms with Crippen LogP contribution in [0, 0.1) is 6.92 Å². The number of hydrogen-bond acceptors (Lipinski definition) is 7. The Morgan fingerprint density at radius 3 is 2.48 bits per heavy atom. The van der Waals surface area contributed by atoms with E-state index in [1.54, 1.807) is 6.07 Å². The average Bonchev–Trinajstić information content (AvgIpc) is 2.67. The topological polar surface area (TPSA) is 153 Å². The number of carbonyl (C=O) groups excluding carboxylic acids is 1. The predicted octanol–water partition coefficient (Wildman–Crippen LogP) is -2.08. The van der Waals surface area contributed by atoms with Crippen molar-refractivity contribution in [1.82, 2.24) is 20.0 Å². The van der Waals surface area contributed by atoms with Crippen molar-refractivity contribution in [3.8, 4) is 0 Å². The van der Waals surface area contributed by atoms with Crippen LogP contribution in [0.4, 0.5) is 11.6 Å². The van der Waals surface area contributed by atoms with E-state index >= 15 is 0 Å². The van der Waals surface area contributed by atoms with Gasteiger partial charge in [0.1, 0.15) is 0 Å². The van der Waals surface area contributed by atoms with Crippen molar-refractivity contribution in [1.29, 1.82) is 0 Å². The molecule has 184 valence electrons. The van der Waals surface area contributed by atoms with Gasteiger partial charge in [0, 0.05) is 13.0 Å². The van der Waals surface area contributed by atoms with Crippen LogP contribution in [0.25, 0.3) is 0 Å². The van der Waals surface area contributed by atoms with Gasteiger partial charge in [-0.05, 0) is 12.5 Å². The molecule has 0 atom stereocenters. The van der Waals surface area contributed by atoms with E-state index in [1.165, 1.54) is 0 Å². The van der Waals surface area contributed by atoms with Crippen LogP contribution < -0.4 is 38.5 Å². The molecular weight excluding hydrogens is 534 g/mol. The van der Waals surface area contributed by atoms with Crippen LogP contribution >= 0.6 is 11.6 Å². The van der Waals surface area contributed by atoms with E-state index in [-0.39, 0.29) is 45.2 Å². The second kappa shape index (κ2) is 12.5.